The fraction of sp³-hybridized carbons (Fsp3) is 0.450. The minimum atomic E-state index is -0.239. The molecule has 6 nitrogen and oxygen atoms in total. The summed E-state index contributed by atoms with van der Waals surface area (Å²) in [5.41, 5.74) is 0.658. The number of amides is 2. The Kier molecular flexibility index (Phi) is 3.26. The average Bonchev–Trinajstić information content (AvgIpc) is 3.42. The van der Waals surface area contributed by atoms with Gasteiger partial charge in [0.05, 0.1) is 24.7 Å². The van der Waals surface area contributed by atoms with Gasteiger partial charge in [0.15, 0.2) is 11.5 Å². The summed E-state index contributed by atoms with van der Waals surface area (Å²) >= 11 is 0. The molecular weight excluding hydrogens is 332 g/mol. The van der Waals surface area contributed by atoms with Crippen LogP contribution in [0.3, 0.4) is 0 Å². The minimum absolute atomic E-state index is 0.0465. The van der Waals surface area contributed by atoms with Gasteiger partial charge in [-0.3, -0.25) is 9.59 Å². The number of imide groups is 1. The van der Waals surface area contributed by atoms with Crippen molar-refractivity contribution in [2.45, 2.75) is 13.3 Å². The molecule has 1 aliphatic heterocycles. The van der Waals surface area contributed by atoms with Crippen molar-refractivity contribution in [1.82, 2.24) is 5.01 Å². The highest BCUT2D eigenvalue weighted by atomic mass is 16.5. The molecule has 2 amide bonds. The number of aromatic hydroxyl groups is 1. The number of phenolic OH excluding ortho intramolecular Hbond substituents is 1. The summed E-state index contributed by atoms with van der Waals surface area (Å²) in [6.45, 7) is 2.26. The van der Waals surface area contributed by atoms with Crippen molar-refractivity contribution in [3.8, 4) is 11.5 Å². The average molecular weight is 352 g/mol. The number of hydrogen-bond acceptors (Lipinski definition) is 5. The number of nitrogens with zero attached hydrogens (tertiary/aromatic N) is 2. The molecular formula is C20H20N2O4. The van der Waals surface area contributed by atoms with E-state index in [1.54, 1.807) is 12.1 Å². The molecule has 1 saturated heterocycles. The molecule has 0 spiro atoms. The number of benzene rings is 1. The van der Waals surface area contributed by atoms with Crippen molar-refractivity contribution >= 4 is 18.0 Å². The predicted molar refractivity (Wildman–Crippen MR) is 93.4 cm³/mol. The molecule has 1 heterocycles. The molecule has 5 aliphatic rings. The quantitative estimate of drug-likeness (QED) is 0.512. The Labute approximate surface area is 151 Å². The number of carbonyl (C=O) groups excluding carboxylic acids is 2. The third-order valence-electron chi connectivity index (χ3n) is 6.25. The third-order valence-corrected chi connectivity index (χ3v) is 6.25. The largest absolute Gasteiger partial charge is 0.504 e. The molecule has 0 radical (unpaired) electrons. The van der Waals surface area contributed by atoms with E-state index in [1.165, 1.54) is 12.3 Å². The Balaban J connectivity index is 1.40. The van der Waals surface area contributed by atoms with Gasteiger partial charge in [0.2, 0.25) is 0 Å². The Hall–Kier alpha value is -2.63. The Morgan fingerprint density at radius 2 is 1.85 bits per heavy atom. The van der Waals surface area contributed by atoms with E-state index < -0.39 is 0 Å². The van der Waals surface area contributed by atoms with Gasteiger partial charge >= 0.3 is 0 Å². The van der Waals surface area contributed by atoms with Gasteiger partial charge in [-0.05, 0) is 60.8 Å². The summed E-state index contributed by atoms with van der Waals surface area (Å²) in [5.74, 6) is 1.13. The lowest BCUT2D eigenvalue weighted by Crippen LogP contribution is -2.40. The molecule has 2 bridgehead atoms. The number of hydrazone groups is 1. The molecule has 6 atom stereocenters. The maximum Gasteiger partial charge on any atom is 0.254 e. The predicted octanol–water partition coefficient (Wildman–Crippen LogP) is 2.18. The van der Waals surface area contributed by atoms with Crippen LogP contribution in [0.2, 0.25) is 0 Å². The van der Waals surface area contributed by atoms with E-state index in [2.05, 4.69) is 17.3 Å². The van der Waals surface area contributed by atoms with Crippen LogP contribution in [0, 0.1) is 35.5 Å². The van der Waals surface area contributed by atoms with Crippen LogP contribution in [0.15, 0.2) is 35.5 Å². The molecule has 3 fully saturated rings. The topological polar surface area (TPSA) is 79.2 Å². The van der Waals surface area contributed by atoms with Gasteiger partial charge in [0, 0.05) is 0 Å². The highest BCUT2D eigenvalue weighted by Gasteiger charge is 2.67. The molecule has 134 valence electrons. The van der Waals surface area contributed by atoms with Crippen LogP contribution in [-0.2, 0) is 9.59 Å². The van der Waals surface area contributed by atoms with E-state index in [9.17, 15) is 14.7 Å². The Morgan fingerprint density at radius 1 is 1.19 bits per heavy atom. The molecule has 0 unspecified atom stereocenters. The van der Waals surface area contributed by atoms with Gasteiger partial charge in [-0.15, -0.1) is 0 Å². The number of phenols is 1. The zero-order valence-corrected chi connectivity index (χ0v) is 14.4. The Bertz CT molecular complexity index is 825. The van der Waals surface area contributed by atoms with E-state index in [0.717, 1.165) is 11.4 Å². The second-order valence-corrected chi connectivity index (χ2v) is 7.55. The number of ether oxygens (including phenoxy) is 1. The number of hydrogen-bond donors (Lipinski definition) is 1. The highest BCUT2D eigenvalue weighted by Crippen LogP contribution is 2.65. The summed E-state index contributed by atoms with van der Waals surface area (Å²) in [7, 11) is 0. The second kappa shape index (κ2) is 5.43. The van der Waals surface area contributed by atoms with E-state index in [4.69, 9.17) is 4.74 Å². The fourth-order valence-corrected chi connectivity index (χ4v) is 5.06. The van der Waals surface area contributed by atoms with E-state index in [1.807, 2.05) is 6.92 Å². The molecule has 6 heteroatoms. The smallest absolute Gasteiger partial charge is 0.254 e. The van der Waals surface area contributed by atoms with Gasteiger partial charge in [-0.25, -0.2) is 0 Å². The van der Waals surface area contributed by atoms with E-state index in [-0.39, 0.29) is 41.2 Å². The van der Waals surface area contributed by atoms with Crippen molar-refractivity contribution in [3.05, 3.63) is 35.9 Å². The zero-order chi connectivity index (χ0) is 18.0. The first-order valence-electron chi connectivity index (χ1n) is 9.16. The lowest BCUT2D eigenvalue weighted by Gasteiger charge is -2.37. The minimum Gasteiger partial charge on any atom is -0.504 e. The van der Waals surface area contributed by atoms with Crippen LogP contribution in [0.5, 0.6) is 11.5 Å². The number of allylic oxidation sites excluding steroid dienone is 2. The monoisotopic (exact) mass is 352 g/mol. The first kappa shape index (κ1) is 15.6. The summed E-state index contributed by atoms with van der Waals surface area (Å²) < 4.78 is 5.35. The molecule has 1 aromatic rings. The van der Waals surface area contributed by atoms with Crippen LogP contribution in [0.1, 0.15) is 18.9 Å². The van der Waals surface area contributed by atoms with Gasteiger partial charge in [-0.2, -0.15) is 10.1 Å². The maximum absolute atomic E-state index is 12.8. The van der Waals surface area contributed by atoms with Crippen molar-refractivity contribution in [2.24, 2.45) is 40.6 Å². The first-order valence-corrected chi connectivity index (χ1v) is 9.16. The lowest BCUT2D eigenvalue weighted by atomic mass is 9.63. The van der Waals surface area contributed by atoms with Crippen LogP contribution in [0.4, 0.5) is 0 Å². The standard InChI is InChI=1S/C20H20N2O4/c1-2-26-16-7-10(3-6-15(16)23)9-21-22-19(24)17-11-4-5-12(14-8-13(11)14)18(17)20(22)25/h3-7,9,11-14,17-18,23H,2,8H2,1H3/t11-,12-,13-,14-,17-,18+/m0/s1. The van der Waals surface area contributed by atoms with Gasteiger partial charge in [0.1, 0.15) is 0 Å². The van der Waals surface area contributed by atoms with Crippen LogP contribution in [0.25, 0.3) is 0 Å². The SMILES string of the molecule is CCOc1cc(C=NN2C(=O)[C@@H]3[C@H]4C=C[C@@H]([C@@H]5C[C@@H]45)[C@@H]3C2=O)ccc1O. The van der Waals surface area contributed by atoms with E-state index in [0.29, 0.717) is 29.8 Å². The fourth-order valence-electron chi connectivity index (χ4n) is 5.06. The lowest BCUT2D eigenvalue weighted by molar-refractivity contribution is -0.140. The summed E-state index contributed by atoms with van der Waals surface area (Å²) in [6, 6.07) is 4.82. The zero-order valence-electron chi connectivity index (χ0n) is 14.4. The van der Waals surface area contributed by atoms with Crippen molar-refractivity contribution in [1.29, 1.82) is 0 Å². The van der Waals surface area contributed by atoms with E-state index >= 15 is 0 Å². The maximum atomic E-state index is 12.8. The van der Waals surface area contributed by atoms with Crippen molar-refractivity contribution in [3.63, 3.8) is 0 Å². The van der Waals surface area contributed by atoms with Crippen molar-refractivity contribution in [2.75, 3.05) is 6.61 Å². The summed E-state index contributed by atoms with van der Waals surface area (Å²) in [5, 5.41) is 15.0. The molecule has 26 heavy (non-hydrogen) atoms. The van der Waals surface area contributed by atoms with Gasteiger partial charge < -0.3 is 9.84 Å². The molecule has 1 aromatic carbocycles. The van der Waals surface area contributed by atoms with Crippen LogP contribution in [-0.4, -0.2) is 34.8 Å². The molecule has 6 rings (SSSR count). The number of carbonyl (C=O) groups is 2. The van der Waals surface area contributed by atoms with Crippen LogP contribution < -0.4 is 4.74 Å². The first-order chi connectivity index (χ1) is 12.6. The highest BCUT2D eigenvalue weighted by molar-refractivity contribution is 6.06. The number of rotatable bonds is 4. The molecule has 0 aromatic heterocycles. The normalized spacial score (nSPS) is 36.6. The summed E-state index contributed by atoms with van der Waals surface area (Å²) in [6.07, 6.45) is 6.91. The second-order valence-electron chi connectivity index (χ2n) is 7.55. The molecule has 2 saturated carbocycles. The Morgan fingerprint density at radius 3 is 2.46 bits per heavy atom. The summed E-state index contributed by atoms with van der Waals surface area (Å²) in [4.78, 5) is 25.7. The molecule has 4 aliphatic carbocycles. The molecule has 1 N–H and O–H groups in total. The van der Waals surface area contributed by atoms with Crippen LogP contribution >= 0.6 is 0 Å². The van der Waals surface area contributed by atoms with Gasteiger partial charge in [-0.1, -0.05) is 12.2 Å². The van der Waals surface area contributed by atoms with Crippen molar-refractivity contribution < 1.29 is 19.4 Å². The third kappa shape index (κ3) is 2.08. The van der Waals surface area contributed by atoms with Gasteiger partial charge in [0.25, 0.3) is 11.8 Å².